The summed E-state index contributed by atoms with van der Waals surface area (Å²) in [6.07, 6.45) is 8.13. The van der Waals surface area contributed by atoms with Crippen molar-refractivity contribution in [3.63, 3.8) is 0 Å². The molecule has 1 saturated carbocycles. The topological polar surface area (TPSA) is 65.2 Å². The molecule has 0 saturated heterocycles. The maximum atomic E-state index is 10.4. The molecular formula is C25H32N2O2. The summed E-state index contributed by atoms with van der Waals surface area (Å²) >= 11 is 0. The Labute approximate surface area is 174 Å². The molecular weight excluding hydrogens is 360 g/mol. The monoisotopic (exact) mass is 392 g/mol. The lowest BCUT2D eigenvalue weighted by Crippen LogP contribution is -2.03. The van der Waals surface area contributed by atoms with Crippen molar-refractivity contribution in [2.24, 2.45) is 9.98 Å². The third-order valence-electron chi connectivity index (χ3n) is 5.71. The predicted molar refractivity (Wildman–Crippen MR) is 121 cm³/mol. The van der Waals surface area contributed by atoms with Gasteiger partial charge in [0.05, 0.1) is 12.1 Å². The van der Waals surface area contributed by atoms with Gasteiger partial charge in [-0.05, 0) is 80.3 Å². The SMILES string of the molecule is CCc1cc(C)cc(C=NC2CCC(N=Cc3cc(C)cc(CC)c3O)C2)c1O. The van der Waals surface area contributed by atoms with E-state index in [4.69, 9.17) is 9.98 Å². The maximum absolute atomic E-state index is 10.4. The molecule has 0 radical (unpaired) electrons. The van der Waals surface area contributed by atoms with Crippen molar-refractivity contribution in [1.29, 1.82) is 0 Å². The molecule has 1 aliphatic carbocycles. The van der Waals surface area contributed by atoms with E-state index in [0.717, 1.165) is 65.5 Å². The van der Waals surface area contributed by atoms with E-state index in [1.807, 2.05) is 64.4 Å². The molecule has 2 aromatic carbocycles. The fourth-order valence-electron chi connectivity index (χ4n) is 4.08. The zero-order chi connectivity index (χ0) is 21.0. The standard InChI is InChI=1S/C25H32N2O2/c1-5-18-9-16(3)11-20(24(18)28)14-26-22-7-8-23(13-22)27-15-21-12-17(4)10-19(6-2)25(21)29/h9-12,14-15,22-23,28-29H,5-8,13H2,1-4H3. The van der Waals surface area contributed by atoms with Gasteiger partial charge in [0.25, 0.3) is 0 Å². The highest BCUT2D eigenvalue weighted by molar-refractivity contribution is 5.85. The van der Waals surface area contributed by atoms with Gasteiger partial charge in [-0.2, -0.15) is 0 Å². The summed E-state index contributed by atoms with van der Waals surface area (Å²) in [6.45, 7) is 8.18. The normalized spacial score (nSPS) is 19.6. The predicted octanol–water partition coefficient (Wildman–Crippen LogP) is 5.30. The summed E-state index contributed by atoms with van der Waals surface area (Å²) in [5, 5.41) is 20.8. The smallest absolute Gasteiger partial charge is 0.127 e. The number of aliphatic imine (C=N–C) groups is 2. The Bertz CT molecular complexity index is 855. The molecule has 0 aromatic heterocycles. The highest BCUT2D eigenvalue weighted by Gasteiger charge is 2.23. The molecule has 1 aliphatic rings. The van der Waals surface area contributed by atoms with Gasteiger partial charge in [-0.15, -0.1) is 0 Å². The molecule has 3 rings (SSSR count). The van der Waals surface area contributed by atoms with Crippen LogP contribution < -0.4 is 0 Å². The number of aromatic hydroxyl groups is 2. The van der Waals surface area contributed by atoms with Crippen LogP contribution in [0.1, 0.15) is 66.5 Å². The molecule has 0 spiro atoms. The Morgan fingerprint density at radius 3 is 1.59 bits per heavy atom. The van der Waals surface area contributed by atoms with Gasteiger partial charge in [-0.1, -0.05) is 26.0 Å². The van der Waals surface area contributed by atoms with Crippen molar-refractivity contribution in [1.82, 2.24) is 0 Å². The Balaban J connectivity index is 1.67. The number of hydrogen-bond acceptors (Lipinski definition) is 4. The summed E-state index contributed by atoms with van der Waals surface area (Å²) in [5.41, 5.74) is 5.80. The van der Waals surface area contributed by atoms with E-state index in [-0.39, 0.29) is 12.1 Å². The molecule has 154 valence electrons. The highest BCUT2D eigenvalue weighted by Crippen LogP contribution is 2.28. The molecule has 4 nitrogen and oxygen atoms in total. The zero-order valence-electron chi connectivity index (χ0n) is 17.9. The number of rotatable bonds is 6. The van der Waals surface area contributed by atoms with Crippen LogP contribution in [0.4, 0.5) is 0 Å². The van der Waals surface area contributed by atoms with Gasteiger partial charge in [0.1, 0.15) is 11.5 Å². The summed E-state index contributed by atoms with van der Waals surface area (Å²) < 4.78 is 0. The minimum Gasteiger partial charge on any atom is -0.507 e. The van der Waals surface area contributed by atoms with E-state index in [1.165, 1.54) is 0 Å². The Morgan fingerprint density at radius 1 is 0.793 bits per heavy atom. The molecule has 29 heavy (non-hydrogen) atoms. The lowest BCUT2D eigenvalue weighted by atomic mass is 10.0. The summed E-state index contributed by atoms with van der Waals surface area (Å²) in [6, 6.07) is 8.46. The molecule has 4 heteroatoms. The quantitative estimate of drug-likeness (QED) is 0.655. The molecule has 2 aromatic rings. The van der Waals surface area contributed by atoms with Gasteiger partial charge >= 0.3 is 0 Å². The van der Waals surface area contributed by atoms with Gasteiger partial charge < -0.3 is 10.2 Å². The van der Waals surface area contributed by atoms with Gasteiger partial charge in [0, 0.05) is 23.6 Å². The molecule has 2 unspecified atom stereocenters. The average molecular weight is 393 g/mol. The van der Waals surface area contributed by atoms with Crippen LogP contribution in [0.3, 0.4) is 0 Å². The largest absolute Gasteiger partial charge is 0.507 e. The van der Waals surface area contributed by atoms with E-state index in [9.17, 15) is 10.2 Å². The number of phenolic OH excluding ortho intramolecular Hbond substituents is 2. The summed E-state index contributed by atoms with van der Waals surface area (Å²) in [4.78, 5) is 9.45. The van der Waals surface area contributed by atoms with Crippen LogP contribution in [-0.4, -0.2) is 34.7 Å². The Morgan fingerprint density at radius 2 is 1.21 bits per heavy atom. The van der Waals surface area contributed by atoms with Crippen molar-refractivity contribution in [3.8, 4) is 11.5 Å². The second-order valence-corrected chi connectivity index (χ2v) is 8.11. The van der Waals surface area contributed by atoms with Gasteiger partial charge in [0.2, 0.25) is 0 Å². The molecule has 0 aliphatic heterocycles. The van der Waals surface area contributed by atoms with E-state index < -0.39 is 0 Å². The van der Waals surface area contributed by atoms with Crippen LogP contribution in [0.2, 0.25) is 0 Å². The fraction of sp³-hybridized carbons (Fsp3) is 0.440. The Kier molecular flexibility index (Phi) is 6.73. The van der Waals surface area contributed by atoms with Crippen LogP contribution in [0.25, 0.3) is 0 Å². The molecule has 1 fully saturated rings. The first-order chi connectivity index (χ1) is 13.9. The van der Waals surface area contributed by atoms with Crippen molar-refractivity contribution in [2.75, 3.05) is 0 Å². The van der Waals surface area contributed by atoms with Crippen molar-refractivity contribution >= 4 is 12.4 Å². The Hall–Kier alpha value is -2.62. The van der Waals surface area contributed by atoms with E-state index in [2.05, 4.69) is 0 Å². The van der Waals surface area contributed by atoms with E-state index >= 15 is 0 Å². The number of aryl methyl sites for hydroxylation is 4. The first-order valence-electron chi connectivity index (χ1n) is 10.6. The maximum Gasteiger partial charge on any atom is 0.127 e. The van der Waals surface area contributed by atoms with E-state index in [0.29, 0.717) is 11.5 Å². The lowest BCUT2D eigenvalue weighted by Gasteiger charge is -2.09. The van der Waals surface area contributed by atoms with Gasteiger partial charge in [0.15, 0.2) is 0 Å². The van der Waals surface area contributed by atoms with Gasteiger partial charge in [-0.25, -0.2) is 0 Å². The van der Waals surface area contributed by atoms with Gasteiger partial charge in [-0.3, -0.25) is 9.98 Å². The van der Waals surface area contributed by atoms with Crippen LogP contribution in [0.15, 0.2) is 34.3 Å². The van der Waals surface area contributed by atoms with Crippen molar-refractivity contribution in [2.45, 2.75) is 71.9 Å². The fourth-order valence-corrected chi connectivity index (χ4v) is 4.08. The minimum absolute atomic E-state index is 0.222. The first kappa shape index (κ1) is 21.1. The highest BCUT2D eigenvalue weighted by atomic mass is 16.3. The molecule has 0 bridgehead atoms. The minimum atomic E-state index is 0.222. The number of phenols is 2. The van der Waals surface area contributed by atoms with Crippen LogP contribution in [-0.2, 0) is 12.8 Å². The number of nitrogens with zero attached hydrogens (tertiary/aromatic N) is 2. The first-order valence-corrected chi connectivity index (χ1v) is 10.6. The summed E-state index contributed by atoms with van der Waals surface area (Å²) in [7, 11) is 0. The van der Waals surface area contributed by atoms with Crippen LogP contribution in [0.5, 0.6) is 11.5 Å². The molecule has 2 N–H and O–H groups in total. The summed E-state index contributed by atoms with van der Waals surface area (Å²) in [5.74, 6) is 0.687. The molecule has 2 atom stereocenters. The van der Waals surface area contributed by atoms with Crippen molar-refractivity contribution < 1.29 is 10.2 Å². The third kappa shape index (κ3) is 5.06. The second kappa shape index (κ2) is 9.25. The third-order valence-corrected chi connectivity index (χ3v) is 5.71. The number of hydrogen-bond donors (Lipinski definition) is 2. The van der Waals surface area contributed by atoms with Crippen LogP contribution >= 0.6 is 0 Å². The number of benzene rings is 2. The lowest BCUT2D eigenvalue weighted by molar-refractivity contribution is 0.467. The second-order valence-electron chi connectivity index (χ2n) is 8.11. The molecule has 0 heterocycles. The van der Waals surface area contributed by atoms with E-state index in [1.54, 1.807) is 0 Å². The van der Waals surface area contributed by atoms with Crippen LogP contribution in [0, 0.1) is 13.8 Å². The molecule has 0 amide bonds. The van der Waals surface area contributed by atoms with Crippen molar-refractivity contribution in [3.05, 3.63) is 57.6 Å². The average Bonchev–Trinajstić information content (AvgIpc) is 3.16. The zero-order valence-corrected chi connectivity index (χ0v) is 17.9.